The summed E-state index contributed by atoms with van der Waals surface area (Å²) in [5.74, 6) is 0.977. The largest absolute Gasteiger partial charge is 0.495 e. The molecule has 0 aliphatic rings. The number of benzene rings is 2. The second-order valence-electron chi connectivity index (χ2n) is 6.64. The number of hydrogen-bond donors (Lipinski definition) is 2. The van der Waals surface area contributed by atoms with Crippen LogP contribution in [0.2, 0.25) is 0 Å². The predicted molar refractivity (Wildman–Crippen MR) is 116 cm³/mol. The summed E-state index contributed by atoms with van der Waals surface area (Å²) in [5.41, 5.74) is 3.34. The minimum atomic E-state index is -0.297. The van der Waals surface area contributed by atoms with Gasteiger partial charge in [-0.1, -0.05) is 48.2 Å². The molecule has 0 fully saturated rings. The van der Waals surface area contributed by atoms with Gasteiger partial charge in [0.1, 0.15) is 5.75 Å². The average molecular weight is 410 g/mol. The van der Waals surface area contributed by atoms with E-state index in [-0.39, 0.29) is 17.9 Å². The molecule has 0 saturated heterocycles. The van der Waals surface area contributed by atoms with Gasteiger partial charge in [0, 0.05) is 17.0 Å². The van der Waals surface area contributed by atoms with Gasteiger partial charge < -0.3 is 15.0 Å². The van der Waals surface area contributed by atoms with Crippen LogP contribution < -0.4 is 15.6 Å². The lowest BCUT2D eigenvalue weighted by Gasteiger charge is -2.12. The van der Waals surface area contributed by atoms with E-state index in [1.54, 1.807) is 20.1 Å². The van der Waals surface area contributed by atoms with E-state index in [1.807, 2.05) is 49.4 Å². The minimum absolute atomic E-state index is 0.0606. The molecule has 2 aromatic carbocycles. The van der Waals surface area contributed by atoms with Crippen LogP contribution in [-0.2, 0) is 17.0 Å². The Morgan fingerprint density at radius 3 is 2.62 bits per heavy atom. The van der Waals surface area contributed by atoms with Gasteiger partial charge in [-0.05, 0) is 37.1 Å². The van der Waals surface area contributed by atoms with E-state index in [0.29, 0.717) is 33.6 Å². The van der Waals surface area contributed by atoms with Crippen LogP contribution in [0.3, 0.4) is 0 Å². The standard InChI is InChI=1S/C22H23N3O3S/c1-14-9-10-19(28-3)18(11-14)24-20(26)12-17-15(2)23-22(25-21(17)27)29-13-16-7-5-4-6-8-16/h4-11H,12-13H2,1-3H3,(H,24,26)(H,23,25,27). The molecule has 0 radical (unpaired) electrons. The van der Waals surface area contributed by atoms with Gasteiger partial charge in [0.2, 0.25) is 5.91 Å². The van der Waals surface area contributed by atoms with Crippen molar-refractivity contribution in [3.8, 4) is 5.75 Å². The number of H-pyrrole nitrogens is 1. The van der Waals surface area contributed by atoms with Gasteiger partial charge >= 0.3 is 0 Å². The van der Waals surface area contributed by atoms with Gasteiger partial charge in [-0.15, -0.1) is 0 Å². The fourth-order valence-electron chi connectivity index (χ4n) is 2.86. The number of ether oxygens (including phenoxy) is 1. The van der Waals surface area contributed by atoms with Gasteiger partial charge in [-0.2, -0.15) is 0 Å². The molecule has 0 atom stereocenters. The zero-order valence-electron chi connectivity index (χ0n) is 16.6. The van der Waals surface area contributed by atoms with E-state index in [0.717, 1.165) is 11.1 Å². The molecule has 29 heavy (non-hydrogen) atoms. The molecule has 1 aromatic heterocycles. The quantitative estimate of drug-likeness (QED) is 0.457. The number of methoxy groups -OCH3 is 1. The topological polar surface area (TPSA) is 84.1 Å². The van der Waals surface area contributed by atoms with Crippen LogP contribution in [0, 0.1) is 13.8 Å². The van der Waals surface area contributed by atoms with Crippen molar-refractivity contribution in [2.45, 2.75) is 31.2 Å². The maximum absolute atomic E-state index is 12.5. The summed E-state index contributed by atoms with van der Waals surface area (Å²) in [5, 5.41) is 3.36. The Morgan fingerprint density at radius 2 is 1.93 bits per heavy atom. The highest BCUT2D eigenvalue weighted by Gasteiger charge is 2.15. The van der Waals surface area contributed by atoms with Crippen molar-refractivity contribution in [2.75, 3.05) is 12.4 Å². The molecule has 2 N–H and O–H groups in total. The number of carbonyl (C=O) groups excluding carboxylic acids is 1. The molecule has 0 spiro atoms. The third kappa shape index (κ3) is 5.48. The summed E-state index contributed by atoms with van der Waals surface area (Å²) in [6.07, 6.45) is -0.0606. The third-order valence-corrected chi connectivity index (χ3v) is 5.33. The van der Waals surface area contributed by atoms with Gasteiger partial charge in [0.25, 0.3) is 5.56 Å². The third-order valence-electron chi connectivity index (χ3n) is 4.39. The summed E-state index contributed by atoms with van der Waals surface area (Å²) in [7, 11) is 1.55. The van der Waals surface area contributed by atoms with E-state index in [4.69, 9.17) is 4.74 Å². The molecule has 3 aromatic rings. The minimum Gasteiger partial charge on any atom is -0.495 e. The van der Waals surface area contributed by atoms with Crippen LogP contribution >= 0.6 is 11.8 Å². The maximum atomic E-state index is 12.5. The van der Waals surface area contributed by atoms with Crippen molar-refractivity contribution in [1.29, 1.82) is 0 Å². The number of nitrogens with zero attached hydrogens (tertiary/aromatic N) is 1. The first-order chi connectivity index (χ1) is 14.0. The summed E-state index contributed by atoms with van der Waals surface area (Å²) < 4.78 is 5.28. The smallest absolute Gasteiger partial charge is 0.255 e. The number of thioether (sulfide) groups is 1. The normalized spacial score (nSPS) is 10.6. The van der Waals surface area contributed by atoms with Gasteiger partial charge in [-0.25, -0.2) is 4.98 Å². The van der Waals surface area contributed by atoms with Crippen LogP contribution in [-0.4, -0.2) is 23.0 Å². The molecule has 150 valence electrons. The van der Waals surface area contributed by atoms with Crippen LogP contribution in [0.15, 0.2) is 58.5 Å². The fourth-order valence-corrected chi connectivity index (χ4v) is 3.72. The fraction of sp³-hybridized carbons (Fsp3) is 0.227. The van der Waals surface area contributed by atoms with Crippen molar-refractivity contribution >= 4 is 23.4 Å². The summed E-state index contributed by atoms with van der Waals surface area (Å²) in [4.78, 5) is 32.3. The van der Waals surface area contributed by atoms with E-state index in [2.05, 4.69) is 15.3 Å². The number of hydrogen-bond acceptors (Lipinski definition) is 5. The monoisotopic (exact) mass is 409 g/mol. The summed E-state index contributed by atoms with van der Waals surface area (Å²) in [6, 6.07) is 15.5. The molecule has 3 rings (SSSR count). The lowest BCUT2D eigenvalue weighted by Crippen LogP contribution is -2.24. The molecule has 0 bridgehead atoms. The molecule has 1 amide bonds. The van der Waals surface area contributed by atoms with Crippen LogP contribution in [0.4, 0.5) is 5.69 Å². The Balaban J connectivity index is 1.70. The molecule has 7 heteroatoms. The average Bonchev–Trinajstić information content (AvgIpc) is 2.70. The van der Waals surface area contributed by atoms with Crippen LogP contribution in [0.25, 0.3) is 0 Å². The zero-order valence-corrected chi connectivity index (χ0v) is 17.4. The SMILES string of the molecule is COc1ccc(C)cc1NC(=O)Cc1c(C)nc(SCc2ccccc2)[nH]c1=O. The Labute approximate surface area is 173 Å². The number of amides is 1. The molecule has 0 saturated carbocycles. The first-order valence-electron chi connectivity index (χ1n) is 9.17. The second kappa shape index (κ2) is 9.43. The van der Waals surface area contributed by atoms with E-state index in [9.17, 15) is 9.59 Å². The number of aromatic amines is 1. The van der Waals surface area contributed by atoms with Crippen molar-refractivity contribution in [2.24, 2.45) is 0 Å². The number of carbonyl (C=O) groups is 1. The van der Waals surface area contributed by atoms with Crippen LogP contribution in [0.5, 0.6) is 5.75 Å². The van der Waals surface area contributed by atoms with Gasteiger partial charge in [0.15, 0.2) is 5.16 Å². The predicted octanol–water partition coefficient (Wildman–Crippen LogP) is 3.87. The molecule has 0 unspecified atom stereocenters. The summed E-state index contributed by atoms with van der Waals surface area (Å²) in [6.45, 7) is 3.68. The van der Waals surface area contributed by atoms with E-state index < -0.39 is 0 Å². The van der Waals surface area contributed by atoms with Crippen molar-refractivity contribution in [3.05, 3.63) is 81.3 Å². The molecular weight excluding hydrogens is 386 g/mol. The van der Waals surface area contributed by atoms with E-state index >= 15 is 0 Å². The number of anilines is 1. The molecule has 1 heterocycles. The molecular formula is C22H23N3O3S. The van der Waals surface area contributed by atoms with Crippen LogP contribution in [0.1, 0.15) is 22.4 Å². The van der Waals surface area contributed by atoms with Gasteiger partial charge in [0.05, 0.1) is 19.2 Å². The van der Waals surface area contributed by atoms with Gasteiger partial charge in [-0.3, -0.25) is 9.59 Å². The number of aromatic nitrogens is 2. The highest BCUT2D eigenvalue weighted by molar-refractivity contribution is 7.98. The lowest BCUT2D eigenvalue weighted by atomic mass is 10.1. The highest BCUT2D eigenvalue weighted by atomic mass is 32.2. The molecule has 0 aliphatic heterocycles. The number of nitrogens with one attached hydrogen (secondary N) is 2. The van der Waals surface area contributed by atoms with Crippen molar-refractivity contribution in [1.82, 2.24) is 9.97 Å². The van der Waals surface area contributed by atoms with Crippen molar-refractivity contribution < 1.29 is 9.53 Å². The number of rotatable bonds is 7. The molecule has 0 aliphatic carbocycles. The highest BCUT2D eigenvalue weighted by Crippen LogP contribution is 2.25. The first kappa shape index (κ1) is 20.7. The lowest BCUT2D eigenvalue weighted by molar-refractivity contribution is -0.115. The first-order valence-corrected chi connectivity index (χ1v) is 10.2. The Kier molecular flexibility index (Phi) is 6.72. The Morgan fingerprint density at radius 1 is 1.17 bits per heavy atom. The Bertz CT molecular complexity index is 1060. The Hall–Kier alpha value is -3.06. The second-order valence-corrected chi connectivity index (χ2v) is 7.60. The summed E-state index contributed by atoms with van der Waals surface area (Å²) >= 11 is 1.45. The van der Waals surface area contributed by atoms with Crippen molar-refractivity contribution in [3.63, 3.8) is 0 Å². The molecule has 6 nitrogen and oxygen atoms in total. The van der Waals surface area contributed by atoms with E-state index in [1.165, 1.54) is 11.8 Å². The zero-order chi connectivity index (χ0) is 20.8. The number of aryl methyl sites for hydroxylation is 2. The maximum Gasteiger partial charge on any atom is 0.255 e.